The van der Waals surface area contributed by atoms with Gasteiger partial charge in [-0.05, 0) is 36.4 Å². The van der Waals surface area contributed by atoms with Gasteiger partial charge < -0.3 is 14.8 Å². The number of aromatic nitrogens is 2. The third-order valence-electron chi connectivity index (χ3n) is 4.40. The number of fused-ring (bicyclic) bond motifs is 1. The van der Waals surface area contributed by atoms with Crippen LogP contribution in [0, 0.1) is 0 Å². The Hall–Kier alpha value is -2.73. The summed E-state index contributed by atoms with van der Waals surface area (Å²) in [6.07, 6.45) is 1.53. The molecule has 4 rings (SSSR count). The molecule has 0 radical (unpaired) electrons. The third kappa shape index (κ3) is 4.70. The first kappa shape index (κ1) is 22.0. The number of hydrogen-bond donors (Lipinski definition) is 1. The summed E-state index contributed by atoms with van der Waals surface area (Å²) in [5, 5.41) is 5.37. The van der Waals surface area contributed by atoms with E-state index in [1.807, 2.05) is 42.5 Å². The second-order valence-corrected chi connectivity index (χ2v) is 7.03. The lowest BCUT2D eigenvalue weighted by Gasteiger charge is -2.14. The molecule has 0 fully saturated rings. The second-order valence-electron chi connectivity index (χ2n) is 6.22. The number of anilines is 2. The predicted molar refractivity (Wildman–Crippen MR) is 124 cm³/mol. The van der Waals surface area contributed by atoms with Crippen molar-refractivity contribution in [2.75, 3.05) is 12.4 Å². The molecule has 0 saturated carbocycles. The molecule has 0 saturated heterocycles. The SMILES string of the molecule is COc1cc(Nc2ncnc3ccccc23)ccc1OCc1c(Cl)cccc1Cl.Cl. The number of benzene rings is 3. The zero-order valence-corrected chi connectivity index (χ0v) is 18.3. The lowest BCUT2D eigenvalue weighted by Crippen LogP contribution is -2.01. The highest BCUT2D eigenvalue weighted by Gasteiger charge is 2.11. The maximum atomic E-state index is 6.21. The molecule has 4 aromatic rings. The molecule has 0 aliphatic rings. The van der Waals surface area contributed by atoms with Gasteiger partial charge in [0, 0.05) is 32.7 Å². The molecule has 5 nitrogen and oxygen atoms in total. The summed E-state index contributed by atoms with van der Waals surface area (Å²) in [6, 6.07) is 18.7. The minimum absolute atomic E-state index is 0. The van der Waals surface area contributed by atoms with Crippen molar-refractivity contribution in [3.8, 4) is 11.5 Å². The topological polar surface area (TPSA) is 56.3 Å². The van der Waals surface area contributed by atoms with Gasteiger partial charge in [-0.15, -0.1) is 12.4 Å². The minimum Gasteiger partial charge on any atom is -0.493 e. The molecule has 8 heteroatoms. The number of halogens is 3. The molecular weight excluding hydrogens is 445 g/mol. The van der Waals surface area contributed by atoms with E-state index in [-0.39, 0.29) is 19.0 Å². The highest BCUT2D eigenvalue weighted by atomic mass is 35.5. The molecule has 0 amide bonds. The fraction of sp³-hybridized carbons (Fsp3) is 0.0909. The summed E-state index contributed by atoms with van der Waals surface area (Å²) in [5.41, 5.74) is 2.41. The van der Waals surface area contributed by atoms with Crippen LogP contribution in [0.4, 0.5) is 11.5 Å². The first-order chi connectivity index (χ1) is 14.2. The highest BCUT2D eigenvalue weighted by Crippen LogP contribution is 2.34. The van der Waals surface area contributed by atoms with Crippen LogP contribution in [0.25, 0.3) is 10.9 Å². The Labute approximate surface area is 190 Å². The summed E-state index contributed by atoms with van der Waals surface area (Å²) >= 11 is 12.4. The van der Waals surface area contributed by atoms with Gasteiger partial charge in [0.05, 0.1) is 12.6 Å². The molecule has 30 heavy (non-hydrogen) atoms. The van der Waals surface area contributed by atoms with Gasteiger partial charge in [0.15, 0.2) is 11.5 Å². The number of nitrogens with one attached hydrogen (secondary N) is 1. The van der Waals surface area contributed by atoms with E-state index in [9.17, 15) is 0 Å². The Balaban J connectivity index is 0.00000256. The van der Waals surface area contributed by atoms with E-state index >= 15 is 0 Å². The van der Waals surface area contributed by atoms with Crippen molar-refractivity contribution in [1.82, 2.24) is 9.97 Å². The summed E-state index contributed by atoms with van der Waals surface area (Å²) in [7, 11) is 1.59. The van der Waals surface area contributed by atoms with E-state index in [4.69, 9.17) is 32.7 Å². The Morgan fingerprint density at radius 2 is 1.67 bits per heavy atom. The fourth-order valence-corrected chi connectivity index (χ4v) is 3.43. The van der Waals surface area contributed by atoms with Crippen molar-refractivity contribution in [2.45, 2.75) is 6.61 Å². The summed E-state index contributed by atoms with van der Waals surface area (Å²) in [6.45, 7) is 0.234. The maximum Gasteiger partial charge on any atom is 0.162 e. The predicted octanol–water partition coefficient (Wildman–Crippen LogP) is 6.69. The van der Waals surface area contributed by atoms with Crippen molar-refractivity contribution in [3.05, 3.63) is 82.6 Å². The average molecular weight is 463 g/mol. The van der Waals surface area contributed by atoms with Gasteiger partial charge in [0.1, 0.15) is 18.8 Å². The van der Waals surface area contributed by atoms with E-state index in [1.54, 1.807) is 25.3 Å². The standard InChI is InChI=1S/C22H17Cl2N3O2.ClH/c1-28-21-11-14(27-22-15-5-2-3-8-19(15)25-13-26-22)9-10-20(21)29-12-16-17(23)6-4-7-18(16)24;/h2-11,13H,12H2,1H3,(H,25,26,27);1H. The number of hydrogen-bond acceptors (Lipinski definition) is 5. The zero-order valence-electron chi connectivity index (χ0n) is 15.9. The Morgan fingerprint density at radius 3 is 2.43 bits per heavy atom. The molecular formula is C22H18Cl3N3O2. The quantitative estimate of drug-likeness (QED) is 0.346. The largest absolute Gasteiger partial charge is 0.493 e. The number of ether oxygens (including phenoxy) is 2. The molecule has 154 valence electrons. The van der Waals surface area contributed by atoms with Crippen LogP contribution in [0.2, 0.25) is 10.0 Å². The smallest absolute Gasteiger partial charge is 0.162 e. The highest BCUT2D eigenvalue weighted by molar-refractivity contribution is 6.35. The zero-order chi connectivity index (χ0) is 20.2. The van der Waals surface area contributed by atoms with Gasteiger partial charge in [-0.1, -0.05) is 41.4 Å². The van der Waals surface area contributed by atoms with Gasteiger partial charge in [-0.2, -0.15) is 0 Å². The molecule has 1 N–H and O–H groups in total. The summed E-state index contributed by atoms with van der Waals surface area (Å²) in [5.74, 6) is 1.88. The molecule has 0 bridgehead atoms. The molecule has 3 aromatic carbocycles. The van der Waals surface area contributed by atoms with Crippen molar-refractivity contribution in [1.29, 1.82) is 0 Å². The van der Waals surface area contributed by atoms with Crippen molar-refractivity contribution in [2.24, 2.45) is 0 Å². The van der Waals surface area contributed by atoms with Crippen molar-refractivity contribution >= 4 is 58.0 Å². The van der Waals surface area contributed by atoms with Crippen LogP contribution in [0.3, 0.4) is 0 Å². The Bertz CT molecular complexity index is 1150. The van der Waals surface area contributed by atoms with Gasteiger partial charge >= 0.3 is 0 Å². The molecule has 1 aromatic heterocycles. The van der Waals surface area contributed by atoms with E-state index in [1.165, 1.54) is 6.33 Å². The van der Waals surface area contributed by atoms with Crippen LogP contribution in [0.5, 0.6) is 11.5 Å². The maximum absolute atomic E-state index is 6.21. The Kier molecular flexibility index (Phi) is 7.21. The minimum atomic E-state index is 0. The molecule has 0 unspecified atom stereocenters. The lowest BCUT2D eigenvalue weighted by molar-refractivity contribution is 0.285. The summed E-state index contributed by atoms with van der Waals surface area (Å²) < 4.78 is 11.4. The number of methoxy groups -OCH3 is 1. The molecule has 0 aliphatic carbocycles. The van der Waals surface area contributed by atoms with Gasteiger partial charge in [-0.3, -0.25) is 0 Å². The summed E-state index contributed by atoms with van der Waals surface area (Å²) in [4.78, 5) is 8.63. The first-order valence-corrected chi connectivity index (χ1v) is 9.62. The van der Waals surface area contributed by atoms with E-state index < -0.39 is 0 Å². The number of para-hydroxylation sites is 1. The monoisotopic (exact) mass is 461 g/mol. The van der Waals surface area contributed by atoms with E-state index in [2.05, 4.69) is 15.3 Å². The normalized spacial score (nSPS) is 10.4. The van der Waals surface area contributed by atoms with E-state index in [0.29, 0.717) is 27.4 Å². The third-order valence-corrected chi connectivity index (χ3v) is 5.11. The molecule has 0 spiro atoms. The molecule has 0 aliphatic heterocycles. The number of nitrogens with zero attached hydrogens (tertiary/aromatic N) is 2. The van der Waals surface area contributed by atoms with Crippen LogP contribution in [-0.4, -0.2) is 17.1 Å². The van der Waals surface area contributed by atoms with Crippen LogP contribution in [0.1, 0.15) is 5.56 Å². The van der Waals surface area contributed by atoms with Crippen molar-refractivity contribution in [3.63, 3.8) is 0 Å². The Morgan fingerprint density at radius 1 is 0.900 bits per heavy atom. The molecule has 0 atom stereocenters. The van der Waals surface area contributed by atoms with Gasteiger partial charge in [0.25, 0.3) is 0 Å². The van der Waals surface area contributed by atoms with Crippen LogP contribution < -0.4 is 14.8 Å². The second kappa shape index (κ2) is 9.85. The van der Waals surface area contributed by atoms with Crippen LogP contribution in [0.15, 0.2) is 67.0 Å². The first-order valence-electron chi connectivity index (χ1n) is 8.86. The van der Waals surface area contributed by atoms with Crippen molar-refractivity contribution < 1.29 is 9.47 Å². The lowest BCUT2D eigenvalue weighted by atomic mass is 10.2. The van der Waals surface area contributed by atoms with Gasteiger partial charge in [-0.25, -0.2) is 9.97 Å². The van der Waals surface area contributed by atoms with Crippen LogP contribution >= 0.6 is 35.6 Å². The van der Waals surface area contributed by atoms with E-state index in [0.717, 1.165) is 22.2 Å². The number of rotatable bonds is 6. The average Bonchev–Trinajstić information content (AvgIpc) is 2.74. The van der Waals surface area contributed by atoms with Crippen LogP contribution in [-0.2, 0) is 6.61 Å². The van der Waals surface area contributed by atoms with Gasteiger partial charge in [0.2, 0.25) is 0 Å². The fourth-order valence-electron chi connectivity index (χ4n) is 2.93. The molecule has 1 heterocycles.